The first-order valence-corrected chi connectivity index (χ1v) is 8.09. The smallest absolute Gasteiger partial charge is 0.416 e. The zero-order valence-corrected chi connectivity index (χ0v) is 14.5. The predicted octanol–water partition coefficient (Wildman–Crippen LogP) is 4.64. The fourth-order valence-electron chi connectivity index (χ4n) is 2.38. The standard InChI is InChI=1S/C19H12F3N3O4/c20-19(21,22)14-3-1-2-13(10-14)17-9-8-16(29-17)11-23-24-18(26)12-4-6-15(7-5-12)25(27)28/h1-11H,(H,24,26)/b23-11+. The molecule has 0 unspecified atom stereocenters. The van der Waals surface area contributed by atoms with E-state index < -0.39 is 22.6 Å². The third-order valence-corrected chi connectivity index (χ3v) is 3.80. The minimum atomic E-state index is -4.46. The van der Waals surface area contributed by atoms with Gasteiger partial charge in [-0.25, -0.2) is 5.43 Å². The molecule has 7 nitrogen and oxygen atoms in total. The molecule has 2 aromatic carbocycles. The first kappa shape index (κ1) is 19.8. The first-order chi connectivity index (χ1) is 13.7. The molecule has 148 valence electrons. The lowest BCUT2D eigenvalue weighted by molar-refractivity contribution is -0.384. The summed E-state index contributed by atoms with van der Waals surface area (Å²) in [7, 11) is 0. The molecule has 0 fully saturated rings. The zero-order chi connectivity index (χ0) is 21.0. The molecule has 0 aliphatic carbocycles. The van der Waals surface area contributed by atoms with Crippen LogP contribution in [0.3, 0.4) is 0 Å². The Morgan fingerprint density at radius 1 is 1.10 bits per heavy atom. The Morgan fingerprint density at radius 3 is 2.48 bits per heavy atom. The van der Waals surface area contributed by atoms with E-state index in [1.54, 1.807) is 0 Å². The number of hydrazone groups is 1. The molecule has 3 aromatic rings. The van der Waals surface area contributed by atoms with Crippen molar-refractivity contribution in [2.75, 3.05) is 0 Å². The number of carbonyl (C=O) groups is 1. The van der Waals surface area contributed by atoms with Crippen molar-refractivity contribution in [3.8, 4) is 11.3 Å². The SMILES string of the molecule is O=C(N/N=C/c1ccc(-c2cccc(C(F)(F)F)c2)o1)c1ccc([N+](=O)[O-])cc1. The van der Waals surface area contributed by atoms with Gasteiger partial charge in [0.25, 0.3) is 11.6 Å². The molecule has 0 aliphatic rings. The number of nitro benzene ring substituents is 1. The van der Waals surface area contributed by atoms with Crippen LogP contribution < -0.4 is 5.43 Å². The second-order valence-electron chi connectivity index (χ2n) is 5.78. The van der Waals surface area contributed by atoms with E-state index in [9.17, 15) is 28.1 Å². The van der Waals surface area contributed by atoms with Gasteiger partial charge in [-0.2, -0.15) is 18.3 Å². The van der Waals surface area contributed by atoms with Crippen LogP contribution in [-0.4, -0.2) is 17.0 Å². The predicted molar refractivity (Wildman–Crippen MR) is 97.3 cm³/mol. The maximum atomic E-state index is 12.8. The average molecular weight is 403 g/mol. The maximum Gasteiger partial charge on any atom is 0.416 e. The molecular weight excluding hydrogens is 391 g/mol. The van der Waals surface area contributed by atoms with Crippen molar-refractivity contribution in [2.24, 2.45) is 5.10 Å². The Labute approximate surface area is 161 Å². The summed E-state index contributed by atoms with van der Waals surface area (Å²) < 4.78 is 43.8. The molecule has 0 atom stereocenters. The summed E-state index contributed by atoms with van der Waals surface area (Å²) in [5.41, 5.74) is 1.69. The van der Waals surface area contributed by atoms with E-state index in [1.807, 2.05) is 0 Å². The fraction of sp³-hybridized carbons (Fsp3) is 0.0526. The third kappa shape index (κ3) is 4.86. The monoisotopic (exact) mass is 403 g/mol. The van der Waals surface area contributed by atoms with E-state index >= 15 is 0 Å². The highest BCUT2D eigenvalue weighted by molar-refractivity contribution is 5.94. The Morgan fingerprint density at radius 2 is 1.83 bits per heavy atom. The molecule has 1 aromatic heterocycles. The fourth-order valence-corrected chi connectivity index (χ4v) is 2.38. The van der Waals surface area contributed by atoms with E-state index in [1.165, 1.54) is 54.7 Å². The Bertz CT molecular complexity index is 1070. The lowest BCUT2D eigenvalue weighted by Crippen LogP contribution is -2.17. The summed E-state index contributed by atoms with van der Waals surface area (Å²) in [5, 5.41) is 14.3. The second-order valence-corrected chi connectivity index (χ2v) is 5.78. The van der Waals surface area contributed by atoms with Crippen LogP contribution in [0.5, 0.6) is 0 Å². The van der Waals surface area contributed by atoms with Crippen molar-refractivity contribution in [2.45, 2.75) is 6.18 Å². The number of carbonyl (C=O) groups excluding carboxylic acids is 1. The van der Waals surface area contributed by atoms with E-state index in [4.69, 9.17) is 4.42 Å². The van der Waals surface area contributed by atoms with Crippen LogP contribution in [0.1, 0.15) is 21.7 Å². The van der Waals surface area contributed by atoms with Crippen molar-refractivity contribution < 1.29 is 27.3 Å². The minimum absolute atomic E-state index is 0.150. The number of halogens is 3. The largest absolute Gasteiger partial charge is 0.455 e. The van der Waals surface area contributed by atoms with Crippen LogP contribution in [0.4, 0.5) is 18.9 Å². The number of furan rings is 1. The molecule has 0 radical (unpaired) electrons. The van der Waals surface area contributed by atoms with E-state index in [-0.39, 0.29) is 28.3 Å². The van der Waals surface area contributed by atoms with E-state index in [0.717, 1.165) is 12.1 Å². The van der Waals surface area contributed by atoms with Crippen LogP contribution in [0.15, 0.2) is 70.2 Å². The molecular formula is C19H12F3N3O4. The summed E-state index contributed by atoms with van der Waals surface area (Å²) in [5.74, 6) is -0.179. The molecule has 1 N–H and O–H groups in total. The number of amides is 1. The highest BCUT2D eigenvalue weighted by Gasteiger charge is 2.30. The molecule has 29 heavy (non-hydrogen) atoms. The number of benzene rings is 2. The van der Waals surface area contributed by atoms with Crippen molar-refractivity contribution in [3.05, 3.63) is 87.7 Å². The number of non-ortho nitro benzene ring substituents is 1. The molecule has 0 bridgehead atoms. The summed E-state index contributed by atoms with van der Waals surface area (Å²) in [6, 6.07) is 12.6. The Hall–Kier alpha value is -3.95. The van der Waals surface area contributed by atoms with Crippen LogP contribution in [-0.2, 0) is 6.18 Å². The Balaban J connectivity index is 1.66. The van der Waals surface area contributed by atoms with Gasteiger partial charge >= 0.3 is 6.18 Å². The van der Waals surface area contributed by atoms with Gasteiger partial charge in [0.2, 0.25) is 0 Å². The summed E-state index contributed by atoms with van der Waals surface area (Å²) in [6.45, 7) is 0. The van der Waals surface area contributed by atoms with Crippen LogP contribution in [0.2, 0.25) is 0 Å². The number of hydrogen-bond acceptors (Lipinski definition) is 5. The van der Waals surface area contributed by atoms with Crippen LogP contribution in [0.25, 0.3) is 11.3 Å². The highest BCUT2D eigenvalue weighted by atomic mass is 19.4. The van der Waals surface area contributed by atoms with Gasteiger partial charge < -0.3 is 4.42 Å². The summed E-state index contributed by atoms with van der Waals surface area (Å²) in [6.07, 6.45) is -3.28. The normalized spacial score (nSPS) is 11.6. The highest BCUT2D eigenvalue weighted by Crippen LogP contribution is 2.32. The molecule has 0 saturated carbocycles. The summed E-state index contributed by atoms with van der Waals surface area (Å²) >= 11 is 0. The number of rotatable bonds is 5. The molecule has 3 rings (SSSR count). The lowest BCUT2D eigenvalue weighted by atomic mass is 10.1. The third-order valence-electron chi connectivity index (χ3n) is 3.80. The lowest BCUT2D eigenvalue weighted by Gasteiger charge is -2.07. The maximum absolute atomic E-state index is 12.8. The molecule has 10 heteroatoms. The Kier molecular flexibility index (Phi) is 5.44. The van der Waals surface area contributed by atoms with Gasteiger partial charge in [0.15, 0.2) is 0 Å². The minimum Gasteiger partial charge on any atom is -0.455 e. The van der Waals surface area contributed by atoms with E-state index in [2.05, 4.69) is 10.5 Å². The number of hydrogen-bond donors (Lipinski definition) is 1. The van der Waals surface area contributed by atoms with Gasteiger partial charge in [-0.1, -0.05) is 12.1 Å². The van der Waals surface area contributed by atoms with Crippen LogP contribution >= 0.6 is 0 Å². The number of alkyl halides is 3. The molecule has 0 aliphatic heterocycles. The van der Waals surface area contributed by atoms with E-state index in [0.29, 0.717) is 0 Å². The molecule has 1 heterocycles. The topological polar surface area (TPSA) is 97.7 Å². The van der Waals surface area contributed by atoms with Gasteiger partial charge in [-0.15, -0.1) is 0 Å². The first-order valence-electron chi connectivity index (χ1n) is 8.09. The van der Waals surface area contributed by atoms with Crippen molar-refractivity contribution >= 4 is 17.8 Å². The average Bonchev–Trinajstić information content (AvgIpc) is 3.16. The van der Waals surface area contributed by atoms with Crippen molar-refractivity contribution in [1.29, 1.82) is 0 Å². The van der Waals surface area contributed by atoms with Gasteiger partial charge in [0.05, 0.1) is 16.7 Å². The number of nitro groups is 1. The zero-order valence-electron chi connectivity index (χ0n) is 14.5. The number of nitrogens with zero attached hydrogens (tertiary/aromatic N) is 2. The van der Waals surface area contributed by atoms with Gasteiger partial charge in [-0.05, 0) is 36.4 Å². The van der Waals surface area contributed by atoms with Crippen LogP contribution in [0, 0.1) is 10.1 Å². The molecule has 1 amide bonds. The number of nitrogens with one attached hydrogen (secondary N) is 1. The summed E-state index contributed by atoms with van der Waals surface area (Å²) in [4.78, 5) is 22.0. The van der Waals surface area contributed by atoms with Crippen molar-refractivity contribution in [1.82, 2.24) is 5.43 Å². The van der Waals surface area contributed by atoms with Gasteiger partial charge in [0, 0.05) is 23.3 Å². The molecule has 0 saturated heterocycles. The van der Waals surface area contributed by atoms with Gasteiger partial charge in [0.1, 0.15) is 11.5 Å². The van der Waals surface area contributed by atoms with Crippen molar-refractivity contribution in [3.63, 3.8) is 0 Å². The quantitative estimate of drug-likeness (QED) is 0.381. The van der Waals surface area contributed by atoms with Gasteiger partial charge in [-0.3, -0.25) is 14.9 Å². The second kappa shape index (κ2) is 7.97. The molecule has 0 spiro atoms.